The molecule has 12 heavy (non-hydrogen) atoms. The van der Waals surface area contributed by atoms with Crippen LogP contribution in [0.15, 0.2) is 0 Å². The lowest BCUT2D eigenvalue weighted by Gasteiger charge is -2.28. The van der Waals surface area contributed by atoms with Gasteiger partial charge in [-0.25, -0.2) is 4.79 Å². The number of hydrogen-bond donors (Lipinski definition) is 2. The van der Waals surface area contributed by atoms with Gasteiger partial charge in [-0.05, 0) is 18.3 Å². The fourth-order valence-electron chi connectivity index (χ4n) is 1.93. The lowest BCUT2D eigenvalue weighted by molar-refractivity contribution is 0.229. The average Bonchev–Trinajstić information content (AvgIpc) is 2.03. The zero-order valence-electron chi connectivity index (χ0n) is 7.68. The van der Waals surface area contributed by atoms with Crippen LogP contribution in [0.4, 0.5) is 4.79 Å². The molecule has 2 atom stereocenters. The number of urea groups is 1. The first-order chi connectivity index (χ1) is 5.70. The molecule has 0 heterocycles. The van der Waals surface area contributed by atoms with E-state index in [0.717, 1.165) is 12.5 Å². The molecule has 0 aromatic heterocycles. The third-order valence-electron chi connectivity index (χ3n) is 2.83. The molecule has 3 heteroatoms. The van der Waals surface area contributed by atoms with Crippen LogP contribution < -0.4 is 11.1 Å². The number of rotatable bonds is 2. The summed E-state index contributed by atoms with van der Waals surface area (Å²) in [5.74, 6) is 1.39. The van der Waals surface area contributed by atoms with E-state index >= 15 is 0 Å². The van der Waals surface area contributed by atoms with Crippen LogP contribution in [0.1, 0.15) is 32.6 Å². The summed E-state index contributed by atoms with van der Waals surface area (Å²) >= 11 is 0. The maximum Gasteiger partial charge on any atom is 0.312 e. The van der Waals surface area contributed by atoms with Crippen molar-refractivity contribution in [1.82, 2.24) is 5.32 Å². The van der Waals surface area contributed by atoms with Crippen LogP contribution in [-0.2, 0) is 0 Å². The molecular formula is C9H18N2O. The second-order valence-corrected chi connectivity index (χ2v) is 3.77. The highest BCUT2D eigenvalue weighted by Gasteiger charge is 2.20. The van der Waals surface area contributed by atoms with Gasteiger partial charge >= 0.3 is 6.03 Å². The molecule has 70 valence electrons. The van der Waals surface area contributed by atoms with Crippen LogP contribution in [0.2, 0.25) is 0 Å². The van der Waals surface area contributed by atoms with Gasteiger partial charge < -0.3 is 11.1 Å². The minimum Gasteiger partial charge on any atom is -0.352 e. The standard InChI is InChI=1S/C9H18N2O/c1-7-4-2-3-5-8(7)6-11-9(10)12/h7-8H,2-6H2,1H3,(H3,10,11,12). The Balaban J connectivity index is 2.24. The Morgan fingerprint density at radius 1 is 1.50 bits per heavy atom. The summed E-state index contributed by atoms with van der Waals surface area (Å²) in [5.41, 5.74) is 5.01. The van der Waals surface area contributed by atoms with Gasteiger partial charge in [0.05, 0.1) is 0 Å². The van der Waals surface area contributed by atoms with Gasteiger partial charge in [-0.2, -0.15) is 0 Å². The van der Waals surface area contributed by atoms with Gasteiger partial charge in [0.1, 0.15) is 0 Å². The van der Waals surface area contributed by atoms with Crippen molar-refractivity contribution in [2.75, 3.05) is 6.54 Å². The van der Waals surface area contributed by atoms with E-state index in [-0.39, 0.29) is 0 Å². The highest BCUT2D eigenvalue weighted by Crippen LogP contribution is 2.28. The Morgan fingerprint density at radius 2 is 2.17 bits per heavy atom. The van der Waals surface area contributed by atoms with Gasteiger partial charge in [0, 0.05) is 6.54 Å². The molecule has 0 spiro atoms. The van der Waals surface area contributed by atoms with Crippen molar-refractivity contribution in [3.05, 3.63) is 0 Å². The summed E-state index contributed by atoms with van der Waals surface area (Å²) in [6, 6.07) is -0.396. The van der Waals surface area contributed by atoms with Crippen molar-refractivity contribution in [1.29, 1.82) is 0 Å². The quantitative estimate of drug-likeness (QED) is 0.648. The van der Waals surface area contributed by atoms with Gasteiger partial charge in [0.2, 0.25) is 0 Å². The Labute approximate surface area is 73.7 Å². The lowest BCUT2D eigenvalue weighted by Crippen LogP contribution is -2.36. The first kappa shape index (κ1) is 9.36. The molecule has 1 aliphatic carbocycles. The van der Waals surface area contributed by atoms with Crippen LogP contribution >= 0.6 is 0 Å². The molecule has 3 nitrogen and oxygen atoms in total. The van der Waals surface area contributed by atoms with E-state index in [1.165, 1.54) is 25.7 Å². The maximum absolute atomic E-state index is 10.5. The van der Waals surface area contributed by atoms with E-state index in [0.29, 0.717) is 5.92 Å². The van der Waals surface area contributed by atoms with E-state index < -0.39 is 6.03 Å². The molecule has 0 aromatic rings. The number of nitrogens with two attached hydrogens (primary N) is 1. The molecule has 0 aromatic carbocycles. The van der Waals surface area contributed by atoms with E-state index in [1.54, 1.807) is 0 Å². The summed E-state index contributed by atoms with van der Waals surface area (Å²) in [6.45, 7) is 3.02. The molecule has 2 unspecified atom stereocenters. The minimum atomic E-state index is -0.396. The molecule has 1 fully saturated rings. The Kier molecular flexibility index (Phi) is 3.38. The first-order valence-electron chi connectivity index (χ1n) is 4.73. The SMILES string of the molecule is CC1CCCCC1CNC(N)=O. The molecule has 2 amide bonds. The zero-order valence-corrected chi connectivity index (χ0v) is 7.68. The second-order valence-electron chi connectivity index (χ2n) is 3.77. The van der Waals surface area contributed by atoms with Crippen molar-refractivity contribution >= 4 is 6.03 Å². The topological polar surface area (TPSA) is 55.1 Å². The predicted molar refractivity (Wildman–Crippen MR) is 48.7 cm³/mol. The number of carbonyl (C=O) groups is 1. The number of primary amides is 1. The number of amides is 2. The minimum absolute atomic E-state index is 0.396. The first-order valence-corrected chi connectivity index (χ1v) is 4.73. The molecule has 0 bridgehead atoms. The Hall–Kier alpha value is -0.730. The van der Waals surface area contributed by atoms with E-state index in [9.17, 15) is 4.79 Å². The fourth-order valence-corrected chi connectivity index (χ4v) is 1.93. The smallest absolute Gasteiger partial charge is 0.312 e. The summed E-state index contributed by atoms with van der Waals surface area (Å²) in [6.07, 6.45) is 5.18. The van der Waals surface area contributed by atoms with Crippen molar-refractivity contribution in [3.63, 3.8) is 0 Å². The molecule has 3 N–H and O–H groups in total. The van der Waals surface area contributed by atoms with Crippen molar-refractivity contribution in [2.45, 2.75) is 32.6 Å². The van der Waals surface area contributed by atoms with Gasteiger partial charge in [-0.1, -0.05) is 26.2 Å². The van der Waals surface area contributed by atoms with Gasteiger partial charge in [0.25, 0.3) is 0 Å². The molecule has 0 saturated heterocycles. The monoisotopic (exact) mass is 170 g/mol. The largest absolute Gasteiger partial charge is 0.352 e. The Bertz CT molecular complexity index is 159. The van der Waals surface area contributed by atoms with Crippen LogP contribution in [0, 0.1) is 11.8 Å². The molecule has 1 saturated carbocycles. The van der Waals surface area contributed by atoms with Crippen molar-refractivity contribution in [3.8, 4) is 0 Å². The molecular weight excluding hydrogens is 152 g/mol. The van der Waals surface area contributed by atoms with Crippen LogP contribution in [0.25, 0.3) is 0 Å². The Morgan fingerprint density at radius 3 is 2.75 bits per heavy atom. The van der Waals surface area contributed by atoms with E-state index in [2.05, 4.69) is 12.2 Å². The van der Waals surface area contributed by atoms with Gasteiger partial charge in [0.15, 0.2) is 0 Å². The van der Waals surface area contributed by atoms with E-state index in [4.69, 9.17) is 5.73 Å². The maximum atomic E-state index is 10.5. The molecule has 1 rings (SSSR count). The normalized spacial score (nSPS) is 29.8. The predicted octanol–water partition coefficient (Wildman–Crippen LogP) is 1.48. The van der Waals surface area contributed by atoms with Gasteiger partial charge in [-0.15, -0.1) is 0 Å². The molecule has 0 radical (unpaired) electrons. The molecule has 0 aliphatic heterocycles. The van der Waals surface area contributed by atoms with Crippen LogP contribution in [0.3, 0.4) is 0 Å². The third kappa shape index (κ3) is 2.72. The average molecular weight is 170 g/mol. The highest BCUT2D eigenvalue weighted by atomic mass is 16.2. The molecule has 1 aliphatic rings. The number of nitrogens with one attached hydrogen (secondary N) is 1. The summed E-state index contributed by atoms with van der Waals surface area (Å²) in [4.78, 5) is 10.5. The van der Waals surface area contributed by atoms with Gasteiger partial charge in [-0.3, -0.25) is 0 Å². The van der Waals surface area contributed by atoms with Crippen LogP contribution in [0.5, 0.6) is 0 Å². The zero-order chi connectivity index (χ0) is 8.97. The lowest BCUT2D eigenvalue weighted by atomic mass is 9.80. The second kappa shape index (κ2) is 4.33. The number of carbonyl (C=O) groups excluding carboxylic acids is 1. The summed E-state index contributed by atoms with van der Waals surface area (Å²) < 4.78 is 0. The highest BCUT2D eigenvalue weighted by molar-refractivity contribution is 5.71. The fraction of sp³-hybridized carbons (Fsp3) is 0.889. The van der Waals surface area contributed by atoms with E-state index in [1.807, 2.05) is 0 Å². The van der Waals surface area contributed by atoms with Crippen molar-refractivity contribution < 1.29 is 4.79 Å². The van der Waals surface area contributed by atoms with Crippen LogP contribution in [-0.4, -0.2) is 12.6 Å². The summed E-state index contributed by atoms with van der Waals surface area (Å²) in [7, 11) is 0. The summed E-state index contributed by atoms with van der Waals surface area (Å²) in [5, 5.41) is 2.68. The number of hydrogen-bond acceptors (Lipinski definition) is 1. The van der Waals surface area contributed by atoms with Crippen molar-refractivity contribution in [2.24, 2.45) is 17.6 Å². The third-order valence-corrected chi connectivity index (χ3v) is 2.83.